The number of nitrogens with one attached hydrogen (secondary N) is 1. The van der Waals surface area contributed by atoms with Gasteiger partial charge in [-0.25, -0.2) is 5.84 Å². The van der Waals surface area contributed by atoms with Gasteiger partial charge < -0.3 is 9.26 Å². The van der Waals surface area contributed by atoms with Crippen LogP contribution in [0.1, 0.15) is 25.3 Å². The molecule has 6 nitrogen and oxygen atoms in total. The highest BCUT2D eigenvalue weighted by Crippen LogP contribution is 2.17. The van der Waals surface area contributed by atoms with Crippen molar-refractivity contribution < 1.29 is 9.26 Å². The molecule has 6 heteroatoms. The average molecular weight is 172 g/mol. The molecule has 0 saturated heterocycles. The molecule has 0 radical (unpaired) electrons. The van der Waals surface area contributed by atoms with Crippen molar-refractivity contribution in [3.63, 3.8) is 0 Å². The molecule has 3 N–H and O–H groups in total. The van der Waals surface area contributed by atoms with Gasteiger partial charge in [0.1, 0.15) is 6.10 Å². The fourth-order valence-electron chi connectivity index (χ4n) is 0.879. The number of ether oxygens (including phenoxy) is 1. The number of aromatic nitrogens is 2. The van der Waals surface area contributed by atoms with E-state index in [1.807, 2.05) is 6.92 Å². The van der Waals surface area contributed by atoms with Crippen molar-refractivity contribution in [1.29, 1.82) is 0 Å². The first-order chi connectivity index (χ1) is 5.81. The van der Waals surface area contributed by atoms with Crippen LogP contribution < -0.4 is 11.3 Å². The molecule has 0 bridgehead atoms. The van der Waals surface area contributed by atoms with Crippen molar-refractivity contribution in [3.05, 3.63) is 5.82 Å². The van der Waals surface area contributed by atoms with Crippen LogP contribution in [0, 0.1) is 0 Å². The lowest BCUT2D eigenvalue weighted by Gasteiger charge is -2.05. The molecule has 1 atom stereocenters. The lowest BCUT2D eigenvalue weighted by Crippen LogP contribution is -2.07. The molecule has 1 aromatic rings. The van der Waals surface area contributed by atoms with E-state index in [4.69, 9.17) is 15.1 Å². The van der Waals surface area contributed by atoms with Gasteiger partial charge in [-0.3, -0.25) is 5.43 Å². The van der Waals surface area contributed by atoms with E-state index in [9.17, 15) is 0 Å². The number of anilines is 1. The first kappa shape index (κ1) is 8.95. The third kappa shape index (κ3) is 1.72. The molecule has 0 spiro atoms. The van der Waals surface area contributed by atoms with E-state index in [1.165, 1.54) is 0 Å². The summed E-state index contributed by atoms with van der Waals surface area (Å²) < 4.78 is 9.81. The summed E-state index contributed by atoms with van der Waals surface area (Å²) in [5.41, 5.74) is 2.25. The molecule has 1 heterocycles. The highest BCUT2D eigenvalue weighted by molar-refractivity contribution is 5.15. The van der Waals surface area contributed by atoms with E-state index in [1.54, 1.807) is 7.11 Å². The predicted molar refractivity (Wildman–Crippen MR) is 42.1 cm³/mol. The minimum absolute atomic E-state index is 0.129. The number of rotatable bonds is 4. The maximum Gasteiger partial charge on any atom is 0.335 e. The largest absolute Gasteiger partial charge is 0.373 e. The topological polar surface area (TPSA) is 86.2 Å². The highest BCUT2D eigenvalue weighted by atomic mass is 16.5. The summed E-state index contributed by atoms with van der Waals surface area (Å²) in [6, 6.07) is 0.195. The molecule has 1 unspecified atom stereocenters. The molecular weight excluding hydrogens is 160 g/mol. The third-order valence-corrected chi connectivity index (χ3v) is 1.51. The van der Waals surface area contributed by atoms with Crippen molar-refractivity contribution in [1.82, 2.24) is 10.1 Å². The molecule has 1 aromatic heterocycles. The Labute approximate surface area is 70.0 Å². The summed E-state index contributed by atoms with van der Waals surface area (Å²) in [5.74, 6) is 5.57. The van der Waals surface area contributed by atoms with Crippen LogP contribution in [-0.2, 0) is 4.74 Å². The number of nitrogens with two attached hydrogens (primary N) is 1. The molecule has 0 saturated carbocycles. The predicted octanol–water partition coefficient (Wildman–Crippen LogP) is 0.453. The van der Waals surface area contributed by atoms with Crippen molar-refractivity contribution in [3.8, 4) is 0 Å². The lowest BCUT2D eigenvalue weighted by atomic mass is 10.3. The van der Waals surface area contributed by atoms with Gasteiger partial charge in [0, 0.05) is 7.11 Å². The minimum atomic E-state index is -0.129. The second-order valence-electron chi connectivity index (χ2n) is 2.23. The van der Waals surface area contributed by atoms with Crippen LogP contribution in [0.5, 0.6) is 0 Å². The molecule has 0 aliphatic carbocycles. The zero-order valence-electron chi connectivity index (χ0n) is 7.07. The van der Waals surface area contributed by atoms with Gasteiger partial charge in [-0.05, 0) is 6.42 Å². The normalized spacial score (nSPS) is 12.9. The molecular formula is C6H12N4O2. The first-order valence-electron chi connectivity index (χ1n) is 3.64. The molecule has 0 aromatic carbocycles. The van der Waals surface area contributed by atoms with Gasteiger partial charge in [0.15, 0.2) is 0 Å². The van der Waals surface area contributed by atoms with Crippen LogP contribution in [0.3, 0.4) is 0 Å². The summed E-state index contributed by atoms with van der Waals surface area (Å²) in [7, 11) is 1.60. The average Bonchev–Trinajstić information content (AvgIpc) is 2.55. The Balaban J connectivity index is 2.72. The highest BCUT2D eigenvalue weighted by Gasteiger charge is 2.14. The van der Waals surface area contributed by atoms with Crippen LogP contribution in [0.4, 0.5) is 6.01 Å². The van der Waals surface area contributed by atoms with Crippen LogP contribution in [0.25, 0.3) is 0 Å². The number of hydrogen-bond donors (Lipinski definition) is 2. The van der Waals surface area contributed by atoms with Crippen LogP contribution in [0.15, 0.2) is 4.52 Å². The molecule has 0 fully saturated rings. The summed E-state index contributed by atoms with van der Waals surface area (Å²) in [6.07, 6.45) is 0.663. The Kier molecular flexibility index (Phi) is 3.01. The molecule has 1 rings (SSSR count). The number of hydrazine groups is 1. The Morgan fingerprint density at radius 2 is 2.50 bits per heavy atom. The van der Waals surface area contributed by atoms with E-state index >= 15 is 0 Å². The number of nitrogens with zero attached hydrogens (tertiary/aromatic N) is 2. The standard InChI is InChI=1S/C6H12N4O2/c1-3-4(11-2)5-8-6(9-7)12-10-5/h4H,3,7H2,1-2H3,(H,8,9,10). The Bertz CT molecular complexity index is 233. The summed E-state index contributed by atoms with van der Waals surface area (Å²) in [4.78, 5) is 3.93. The Hall–Kier alpha value is -1.14. The number of nitrogen functional groups attached to an aromatic ring is 1. The van der Waals surface area contributed by atoms with E-state index in [-0.39, 0.29) is 12.1 Å². The zero-order valence-corrected chi connectivity index (χ0v) is 7.07. The van der Waals surface area contributed by atoms with Gasteiger partial charge in [-0.2, -0.15) is 4.98 Å². The fourth-order valence-corrected chi connectivity index (χ4v) is 0.879. The van der Waals surface area contributed by atoms with E-state index < -0.39 is 0 Å². The van der Waals surface area contributed by atoms with Crippen molar-refractivity contribution in [2.45, 2.75) is 19.4 Å². The smallest absolute Gasteiger partial charge is 0.335 e. The summed E-state index contributed by atoms with van der Waals surface area (Å²) >= 11 is 0. The van der Waals surface area contributed by atoms with E-state index in [0.717, 1.165) is 6.42 Å². The quantitative estimate of drug-likeness (QED) is 0.506. The fraction of sp³-hybridized carbons (Fsp3) is 0.667. The zero-order chi connectivity index (χ0) is 8.97. The first-order valence-corrected chi connectivity index (χ1v) is 3.64. The lowest BCUT2D eigenvalue weighted by molar-refractivity contribution is 0.0903. The Morgan fingerprint density at radius 3 is 2.92 bits per heavy atom. The van der Waals surface area contributed by atoms with Gasteiger partial charge >= 0.3 is 6.01 Å². The second-order valence-corrected chi connectivity index (χ2v) is 2.23. The minimum Gasteiger partial charge on any atom is -0.373 e. The maximum absolute atomic E-state index is 5.09. The van der Waals surface area contributed by atoms with Gasteiger partial charge in [0.2, 0.25) is 5.82 Å². The van der Waals surface area contributed by atoms with Crippen molar-refractivity contribution in [2.24, 2.45) is 5.84 Å². The van der Waals surface area contributed by atoms with Crippen LogP contribution >= 0.6 is 0 Å². The number of hydrogen-bond acceptors (Lipinski definition) is 6. The van der Waals surface area contributed by atoms with Gasteiger partial charge in [-0.1, -0.05) is 12.1 Å². The third-order valence-electron chi connectivity index (χ3n) is 1.51. The molecule has 68 valence electrons. The number of methoxy groups -OCH3 is 1. The van der Waals surface area contributed by atoms with Crippen LogP contribution in [0.2, 0.25) is 0 Å². The van der Waals surface area contributed by atoms with Crippen molar-refractivity contribution in [2.75, 3.05) is 12.5 Å². The monoisotopic (exact) mass is 172 g/mol. The summed E-state index contributed by atoms with van der Waals surface area (Å²) in [5, 5.41) is 3.68. The van der Waals surface area contributed by atoms with E-state index in [0.29, 0.717) is 5.82 Å². The molecule has 12 heavy (non-hydrogen) atoms. The van der Waals surface area contributed by atoms with Gasteiger partial charge in [-0.15, -0.1) is 0 Å². The summed E-state index contributed by atoms with van der Waals surface area (Å²) in [6.45, 7) is 1.97. The van der Waals surface area contributed by atoms with Gasteiger partial charge in [0.25, 0.3) is 0 Å². The van der Waals surface area contributed by atoms with E-state index in [2.05, 4.69) is 15.6 Å². The SMILES string of the molecule is CCC(OC)c1noc(NN)n1. The molecule has 0 amide bonds. The van der Waals surface area contributed by atoms with Crippen LogP contribution in [-0.4, -0.2) is 17.3 Å². The maximum atomic E-state index is 5.09. The molecule has 0 aliphatic heterocycles. The Morgan fingerprint density at radius 1 is 1.75 bits per heavy atom. The van der Waals surface area contributed by atoms with Crippen molar-refractivity contribution >= 4 is 6.01 Å². The van der Waals surface area contributed by atoms with Gasteiger partial charge in [0.05, 0.1) is 0 Å². The molecule has 0 aliphatic rings. The second kappa shape index (κ2) is 4.03.